The van der Waals surface area contributed by atoms with E-state index in [1.54, 1.807) is 29.2 Å². The number of rotatable bonds is 5. The number of methoxy groups -OCH3 is 1. The molecule has 3 aromatic carbocycles. The molecular weight excluding hydrogens is 408 g/mol. The predicted octanol–water partition coefficient (Wildman–Crippen LogP) is 5.77. The molecule has 1 atom stereocenters. The number of phenolic OH excluding ortho intramolecular Hbond substituents is 1. The van der Waals surface area contributed by atoms with Crippen LogP contribution < -0.4 is 4.74 Å². The molecule has 1 aliphatic heterocycles. The van der Waals surface area contributed by atoms with Crippen LogP contribution in [0, 0.1) is 0 Å². The second-order valence-electron chi connectivity index (χ2n) is 7.00. The monoisotopic (exact) mass is 430 g/mol. The molecule has 31 heavy (non-hydrogen) atoms. The zero-order valence-corrected chi connectivity index (χ0v) is 18.0. The van der Waals surface area contributed by atoms with Gasteiger partial charge in [-0.1, -0.05) is 60.7 Å². The van der Waals surface area contributed by atoms with E-state index in [1.807, 2.05) is 67.6 Å². The van der Waals surface area contributed by atoms with Crippen LogP contribution in [0.5, 0.6) is 11.5 Å². The van der Waals surface area contributed by atoms with E-state index in [1.165, 1.54) is 18.9 Å². The normalized spacial score (nSPS) is 17.4. The van der Waals surface area contributed by atoms with E-state index in [2.05, 4.69) is 0 Å². The highest BCUT2D eigenvalue weighted by Gasteiger charge is 2.37. The minimum Gasteiger partial charge on any atom is -0.504 e. The van der Waals surface area contributed by atoms with Crippen LogP contribution in [0.2, 0.25) is 0 Å². The Morgan fingerprint density at radius 1 is 1.00 bits per heavy atom. The van der Waals surface area contributed by atoms with Crippen molar-refractivity contribution in [3.63, 3.8) is 0 Å². The van der Waals surface area contributed by atoms with Crippen LogP contribution in [0.15, 0.2) is 88.8 Å². The number of para-hydroxylation sites is 2. The molecule has 4 rings (SSSR count). The fraction of sp³-hybridized carbons (Fsp3) is 0.120. The topological polar surface area (TPSA) is 62.1 Å². The zero-order chi connectivity index (χ0) is 21.8. The Kier molecular flexibility index (Phi) is 6.09. The summed E-state index contributed by atoms with van der Waals surface area (Å²) in [7, 11) is 1.50. The summed E-state index contributed by atoms with van der Waals surface area (Å²) in [5.41, 5.74) is 2.31. The van der Waals surface area contributed by atoms with Crippen LogP contribution in [-0.2, 0) is 4.79 Å². The Bertz CT molecular complexity index is 1140. The molecule has 156 valence electrons. The van der Waals surface area contributed by atoms with Gasteiger partial charge in [-0.15, -0.1) is 0 Å². The first-order valence-electron chi connectivity index (χ1n) is 9.86. The third-order valence-electron chi connectivity index (χ3n) is 5.02. The number of hydrogen-bond acceptors (Lipinski definition) is 5. The molecular formula is C25H22N2O3S. The Morgan fingerprint density at radius 3 is 2.35 bits per heavy atom. The maximum atomic E-state index is 13.4. The van der Waals surface area contributed by atoms with Crippen molar-refractivity contribution < 1.29 is 14.6 Å². The number of aliphatic imine (C=N–C) groups is 1. The molecule has 0 aliphatic carbocycles. The summed E-state index contributed by atoms with van der Waals surface area (Å²) >= 11 is 1.30. The number of thioether (sulfide) groups is 1. The minimum atomic E-state index is -0.200. The van der Waals surface area contributed by atoms with E-state index in [-0.39, 0.29) is 17.7 Å². The van der Waals surface area contributed by atoms with Crippen molar-refractivity contribution in [1.29, 1.82) is 0 Å². The molecule has 0 radical (unpaired) electrons. The molecule has 0 spiro atoms. The second kappa shape index (κ2) is 9.10. The van der Waals surface area contributed by atoms with Crippen molar-refractivity contribution >= 4 is 34.6 Å². The van der Waals surface area contributed by atoms with Crippen molar-refractivity contribution in [2.75, 3.05) is 7.11 Å². The molecule has 1 amide bonds. The Balaban J connectivity index is 1.77. The predicted molar refractivity (Wildman–Crippen MR) is 125 cm³/mol. The molecule has 1 heterocycles. The summed E-state index contributed by atoms with van der Waals surface area (Å²) in [4.78, 5) is 20.4. The van der Waals surface area contributed by atoms with E-state index in [0.717, 1.165) is 11.3 Å². The van der Waals surface area contributed by atoms with Crippen molar-refractivity contribution in [3.05, 3.63) is 94.9 Å². The highest BCUT2D eigenvalue weighted by molar-refractivity contribution is 8.18. The van der Waals surface area contributed by atoms with Crippen molar-refractivity contribution in [1.82, 2.24) is 4.90 Å². The third-order valence-corrected chi connectivity index (χ3v) is 6.01. The van der Waals surface area contributed by atoms with Gasteiger partial charge in [0, 0.05) is 5.56 Å². The molecule has 3 aromatic rings. The maximum Gasteiger partial charge on any atom is 0.267 e. The zero-order valence-electron chi connectivity index (χ0n) is 17.2. The number of amidine groups is 1. The number of hydrogen-bond donors (Lipinski definition) is 1. The fourth-order valence-electron chi connectivity index (χ4n) is 3.36. The number of benzene rings is 3. The Morgan fingerprint density at radius 2 is 1.68 bits per heavy atom. The Labute approximate surface area is 185 Å². The molecule has 1 N–H and O–H groups in total. The highest BCUT2D eigenvalue weighted by Crippen LogP contribution is 2.40. The second-order valence-corrected chi connectivity index (χ2v) is 8.01. The van der Waals surface area contributed by atoms with Gasteiger partial charge in [0.1, 0.15) is 0 Å². The average molecular weight is 431 g/mol. The molecule has 1 fully saturated rings. The molecule has 0 unspecified atom stereocenters. The number of ether oxygens (including phenoxy) is 1. The van der Waals surface area contributed by atoms with Gasteiger partial charge in [-0.2, -0.15) is 0 Å². The van der Waals surface area contributed by atoms with Crippen LogP contribution in [0.3, 0.4) is 0 Å². The van der Waals surface area contributed by atoms with Crippen molar-refractivity contribution in [2.24, 2.45) is 4.99 Å². The molecule has 0 bridgehead atoms. The van der Waals surface area contributed by atoms with Crippen molar-refractivity contribution in [2.45, 2.75) is 13.0 Å². The number of amides is 1. The number of aromatic hydroxyl groups is 1. The summed E-state index contributed by atoms with van der Waals surface area (Å²) in [6.45, 7) is 1.99. The van der Waals surface area contributed by atoms with Gasteiger partial charge < -0.3 is 9.84 Å². The number of carbonyl (C=O) groups is 1. The van der Waals surface area contributed by atoms with Gasteiger partial charge in [-0.3, -0.25) is 9.69 Å². The van der Waals surface area contributed by atoms with Gasteiger partial charge in [-0.25, -0.2) is 4.99 Å². The maximum absolute atomic E-state index is 13.4. The summed E-state index contributed by atoms with van der Waals surface area (Å²) in [5.74, 6) is 0.206. The first-order valence-corrected chi connectivity index (χ1v) is 10.7. The average Bonchev–Trinajstić information content (AvgIpc) is 3.10. The van der Waals surface area contributed by atoms with Gasteiger partial charge in [0.25, 0.3) is 5.91 Å². The molecule has 0 saturated carbocycles. The van der Waals surface area contributed by atoms with Gasteiger partial charge in [0.2, 0.25) is 0 Å². The molecule has 0 aromatic heterocycles. The van der Waals surface area contributed by atoms with E-state index in [9.17, 15) is 9.90 Å². The summed E-state index contributed by atoms with van der Waals surface area (Å²) in [6, 6.07) is 24.4. The molecule has 1 aliphatic rings. The minimum absolute atomic E-state index is 0.00186. The highest BCUT2D eigenvalue weighted by atomic mass is 32.2. The summed E-state index contributed by atoms with van der Waals surface area (Å²) in [6.07, 6.45) is 1.68. The van der Waals surface area contributed by atoms with Crippen LogP contribution in [0.1, 0.15) is 24.1 Å². The number of phenols is 1. The van der Waals surface area contributed by atoms with Gasteiger partial charge in [0.05, 0.1) is 23.7 Å². The lowest BCUT2D eigenvalue weighted by atomic mass is 10.1. The lowest BCUT2D eigenvalue weighted by molar-refractivity contribution is -0.123. The van der Waals surface area contributed by atoms with Gasteiger partial charge in [0.15, 0.2) is 16.7 Å². The van der Waals surface area contributed by atoms with Crippen LogP contribution >= 0.6 is 11.8 Å². The lowest BCUT2D eigenvalue weighted by Crippen LogP contribution is -2.32. The van der Waals surface area contributed by atoms with E-state index in [0.29, 0.717) is 21.4 Å². The third kappa shape index (κ3) is 4.34. The van der Waals surface area contributed by atoms with Gasteiger partial charge in [-0.05, 0) is 48.5 Å². The SMILES string of the molecule is COc1cccc(/C=C2/SC(=Nc3ccccc3)N([C@@H](C)c3ccccc3)C2=O)c1O. The van der Waals surface area contributed by atoms with E-state index < -0.39 is 0 Å². The number of carbonyl (C=O) groups excluding carboxylic acids is 1. The van der Waals surface area contributed by atoms with E-state index in [4.69, 9.17) is 9.73 Å². The standard InChI is InChI=1S/C25H22N2O3S/c1-17(18-10-5-3-6-11-18)27-24(29)22(16-19-12-9-15-21(30-2)23(19)28)31-25(27)26-20-13-7-4-8-14-20/h3-17,28H,1-2H3/b22-16+,26-25?/t17-/m0/s1. The Hall–Kier alpha value is -3.51. The largest absolute Gasteiger partial charge is 0.504 e. The fourth-order valence-corrected chi connectivity index (χ4v) is 4.42. The van der Waals surface area contributed by atoms with Crippen molar-refractivity contribution in [3.8, 4) is 11.5 Å². The first kappa shape index (κ1) is 20.8. The van der Waals surface area contributed by atoms with Gasteiger partial charge >= 0.3 is 0 Å². The summed E-state index contributed by atoms with van der Waals surface area (Å²) in [5, 5.41) is 11.1. The molecule has 6 heteroatoms. The van der Waals surface area contributed by atoms with Crippen LogP contribution in [-0.4, -0.2) is 28.2 Å². The molecule has 5 nitrogen and oxygen atoms in total. The first-order chi connectivity index (χ1) is 15.1. The van der Waals surface area contributed by atoms with E-state index >= 15 is 0 Å². The van der Waals surface area contributed by atoms with Crippen LogP contribution in [0.4, 0.5) is 5.69 Å². The van der Waals surface area contributed by atoms with Crippen LogP contribution in [0.25, 0.3) is 6.08 Å². The molecule has 1 saturated heterocycles. The smallest absolute Gasteiger partial charge is 0.267 e. The quantitative estimate of drug-likeness (QED) is 0.522. The lowest BCUT2D eigenvalue weighted by Gasteiger charge is -2.24. The number of nitrogens with zero attached hydrogens (tertiary/aromatic N) is 2. The summed E-state index contributed by atoms with van der Waals surface area (Å²) < 4.78 is 5.19.